The van der Waals surface area contributed by atoms with E-state index in [0.29, 0.717) is 22.6 Å². The predicted octanol–water partition coefficient (Wildman–Crippen LogP) is 11.3. The van der Waals surface area contributed by atoms with Crippen molar-refractivity contribution in [3.05, 3.63) is 48.5 Å². The molecule has 0 N–H and O–H groups in total. The van der Waals surface area contributed by atoms with Gasteiger partial charge in [0.2, 0.25) is 0 Å². The SMILES string of the molecule is CN(C)c1ccc([P+](C(=O)[P+](c2ccc(N(C)C)cc2)(C2CCCCC2)C2CCCCC2)(C2CCCCC2)C2CCCCC2)cc1. The van der Waals surface area contributed by atoms with Crippen LogP contribution in [-0.4, -0.2) is 56.1 Å². The van der Waals surface area contributed by atoms with Crippen LogP contribution in [-0.2, 0) is 0 Å². The van der Waals surface area contributed by atoms with Crippen LogP contribution < -0.4 is 20.4 Å². The Labute approximate surface area is 283 Å². The number of nitrogens with zero attached hydrogens (tertiary/aromatic N) is 2. The molecule has 4 aliphatic rings. The molecule has 0 atom stereocenters. The molecule has 0 heterocycles. The fourth-order valence-corrected chi connectivity index (χ4v) is 25.9. The van der Waals surface area contributed by atoms with Gasteiger partial charge >= 0.3 is 5.27 Å². The quantitative estimate of drug-likeness (QED) is 0.237. The molecule has 0 bridgehead atoms. The molecule has 0 radical (unpaired) electrons. The maximum atomic E-state index is 17.2. The van der Waals surface area contributed by atoms with Crippen molar-refractivity contribution in [3.8, 4) is 0 Å². The van der Waals surface area contributed by atoms with Gasteiger partial charge in [0.05, 0.1) is 22.6 Å². The van der Waals surface area contributed by atoms with Gasteiger partial charge in [-0.3, -0.25) is 0 Å². The van der Waals surface area contributed by atoms with Crippen molar-refractivity contribution in [2.75, 3.05) is 38.0 Å². The number of hydrogen-bond acceptors (Lipinski definition) is 3. The predicted molar refractivity (Wildman–Crippen MR) is 208 cm³/mol. The Morgan fingerprint density at radius 3 is 0.891 bits per heavy atom. The topological polar surface area (TPSA) is 23.6 Å². The summed E-state index contributed by atoms with van der Waals surface area (Å²) >= 11 is 0. The molecule has 0 aromatic heterocycles. The number of anilines is 2. The Balaban J connectivity index is 1.64. The lowest BCUT2D eigenvalue weighted by atomic mass is 9.99. The smallest absolute Gasteiger partial charge is 0.378 e. The van der Waals surface area contributed by atoms with Crippen molar-refractivity contribution in [1.29, 1.82) is 0 Å². The maximum Gasteiger partial charge on any atom is 0.407 e. The average Bonchev–Trinajstić information content (AvgIpc) is 3.11. The van der Waals surface area contributed by atoms with Gasteiger partial charge in [-0.15, -0.1) is 0 Å². The average molecular weight is 663 g/mol. The summed E-state index contributed by atoms with van der Waals surface area (Å²) in [6.07, 6.45) is 26.2. The van der Waals surface area contributed by atoms with Gasteiger partial charge < -0.3 is 9.80 Å². The second-order valence-corrected chi connectivity index (χ2v) is 24.1. The zero-order valence-electron chi connectivity index (χ0n) is 29.8. The maximum absolute atomic E-state index is 17.2. The fraction of sp³-hybridized carbons (Fsp3) is 0.683. The van der Waals surface area contributed by atoms with Gasteiger partial charge in [0.25, 0.3) is 0 Å². The van der Waals surface area contributed by atoms with Crippen LogP contribution >= 0.6 is 14.5 Å². The van der Waals surface area contributed by atoms with E-state index in [1.54, 1.807) is 0 Å². The van der Waals surface area contributed by atoms with Crippen LogP contribution in [0, 0.1) is 0 Å². The summed E-state index contributed by atoms with van der Waals surface area (Å²) in [7, 11) is 4.21. The number of hydrogen-bond donors (Lipinski definition) is 0. The van der Waals surface area contributed by atoms with E-state index in [1.807, 2.05) is 0 Å². The first-order valence-corrected chi connectivity index (χ1v) is 23.1. The van der Waals surface area contributed by atoms with E-state index in [0.717, 1.165) is 5.27 Å². The third-order valence-corrected chi connectivity index (χ3v) is 25.1. The van der Waals surface area contributed by atoms with Gasteiger partial charge in [-0.25, -0.2) is 4.79 Å². The standard InChI is InChI=1S/C41H64N2OP2/c1-42(2)33-25-29-39(30-26-33)45(35-17-9-5-10-18-35,36-19-11-6-12-20-36)41(44)46(37-21-13-7-14-22-37,38-23-15-8-16-24-38)40-31-27-34(28-32-40)43(3)4/h25-32,35-38H,5-24H2,1-4H3/q+2. The van der Waals surface area contributed by atoms with Gasteiger partial charge in [-0.05, 0) is 151 Å². The van der Waals surface area contributed by atoms with Crippen molar-refractivity contribution < 1.29 is 4.79 Å². The second kappa shape index (κ2) is 15.4. The molecule has 0 amide bonds. The minimum atomic E-state index is -2.21. The van der Waals surface area contributed by atoms with Gasteiger partial charge in [0, 0.05) is 39.6 Å². The van der Waals surface area contributed by atoms with Gasteiger partial charge in [-0.2, -0.15) is 0 Å². The highest BCUT2D eigenvalue weighted by molar-refractivity contribution is 8.21. The number of carbonyl (C=O) groups excluding carboxylic acids is 1. The minimum Gasteiger partial charge on any atom is -0.378 e. The molecule has 4 saturated carbocycles. The molecule has 3 nitrogen and oxygen atoms in total. The van der Waals surface area contributed by atoms with Crippen LogP contribution in [0.2, 0.25) is 0 Å². The highest BCUT2D eigenvalue weighted by atomic mass is 31.2. The van der Waals surface area contributed by atoms with Crippen molar-refractivity contribution >= 4 is 41.8 Å². The zero-order valence-corrected chi connectivity index (χ0v) is 31.6. The lowest BCUT2D eigenvalue weighted by molar-refractivity contribution is 0.273. The van der Waals surface area contributed by atoms with Crippen molar-refractivity contribution in [1.82, 2.24) is 0 Å². The summed E-state index contributed by atoms with van der Waals surface area (Å²) in [5.74, 6) is 0. The van der Waals surface area contributed by atoms with Crippen molar-refractivity contribution in [2.45, 2.75) is 151 Å². The number of carbonyl (C=O) groups is 1. The Morgan fingerprint density at radius 1 is 0.435 bits per heavy atom. The highest BCUT2D eigenvalue weighted by Crippen LogP contribution is 2.86. The summed E-state index contributed by atoms with van der Waals surface area (Å²) in [6.45, 7) is 0. The Kier molecular flexibility index (Phi) is 11.5. The van der Waals surface area contributed by atoms with E-state index in [9.17, 15) is 0 Å². The first kappa shape index (κ1) is 34.4. The number of benzene rings is 2. The molecule has 0 unspecified atom stereocenters. The summed E-state index contributed by atoms with van der Waals surface area (Å²) in [5.41, 5.74) is 4.84. The molecule has 6 rings (SSSR count). The molecule has 0 saturated heterocycles. The summed E-state index contributed by atoms with van der Waals surface area (Å²) < 4.78 is 0. The Morgan fingerprint density at radius 2 is 0.674 bits per heavy atom. The first-order valence-electron chi connectivity index (χ1n) is 19.3. The highest BCUT2D eigenvalue weighted by Gasteiger charge is 2.74. The largest absolute Gasteiger partial charge is 0.407 e. The molecule has 4 fully saturated rings. The Hall–Kier alpha value is -1.43. The summed E-state index contributed by atoms with van der Waals surface area (Å²) in [4.78, 5) is 21.7. The van der Waals surface area contributed by atoms with Crippen LogP contribution in [0.1, 0.15) is 128 Å². The molecular formula is C41H64N2OP2+2. The van der Waals surface area contributed by atoms with E-state index >= 15 is 4.79 Å². The monoisotopic (exact) mass is 662 g/mol. The van der Waals surface area contributed by atoms with Crippen molar-refractivity contribution in [3.63, 3.8) is 0 Å². The van der Waals surface area contributed by atoms with Gasteiger partial charge in [0.1, 0.15) is 10.6 Å². The minimum absolute atomic E-state index is 0.578. The van der Waals surface area contributed by atoms with Crippen LogP contribution in [0.5, 0.6) is 0 Å². The molecular weight excluding hydrogens is 598 g/mol. The molecule has 5 heteroatoms. The normalized spacial score (nSPS) is 21.7. The van der Waals surface area contributed by atoms with E-state index < -0.39 is 14.5 Å². The van der Waals surface area contributed by atoms with Crippen LogP contribution in [0.25, 0.3) is 0 Å². The summed E-state index contributed by atoms with van der Waals surface area (Å²) in [5, 5.41) is 3.90. The Bertz CT molecular complexity index is 1110. The van der Waals surface area contributed by atoms with Crippen molar-refractivity contribution in [2.24, 2.45) is 0 Å². The molecule has 2 aromatic carbocycles. The van der Waals surface area contributed by atoms with E-state index in [2.05, 4.69) is 86.5 Å². The fourth-order valence-electron chi connectivity index (χ4n) is 10.5. The van der Waals surface area contributed by atoms with Gasteiger partial charge in [-0.1, -0.05) is 25.7 Å². The summed E-state index contributed by atoms with van der Waals surface area (Å²) in [6, 6.07) is 19.5. The van der Waals surface area contributed by atoms with E-state index in [4.69, 9.17) is 0 Å². The zero-order chi connectivity index (χ0) is 32.1. The number of rotatable bonds is 10. The van der Waals surface area contributed by atoms with Crippen LogP contribution in [0.3, 0.4) is 0 Å². The molecule has 2 aromatic rings. The van der Waals surface area contributed by atoms with Gasteiger partial charge in [0.15, 0.2) is 14.5 Å². The molecule has 4 aliphatic carbocycles. The van der Waals surface area contributed by atoms with Crippen LogP contribution in [0.4, 0.5) is 16.2 Å². The third-order valence-electron chi connectivity index (χ3n) is 12.8. The molecule has 46 heavy (non-hydrogen) atoms. The molecule has 0 aliphatic heterocycles. The second-order valence-electron chi connectivity index (χ2n) is 15.8. The van der Waals surface area contributed by atoms with E-state index in [-0.39, 0.29) is 0 Å². The lowest BCUT2D eigenvalue weighted by Crippen LogP contribution is -2.45. The third kappa shape index (κ3) is 6.48. The molecule has 252 valence electrons. The lowest BCUT2D eigenvalue weighted by Gasteiger charge is -2.47. The molecule has 0 spiro atoms. The van der Waals surface area contributed by atoms with E-state index in [1.165, 1.54) is 150 Å². The first-order chi connectivity index (χ1) is 22.4. The van der Waals surface area contributed by atoms with Crippen LogP contribution in [0.15, 0.2) is 48.5 Å².